The van der Waals surface area contributed by atoms with Crippen LogP contribution < -0.4 is 0 Å². The quantitative estimate of drug-likeness (QED) is 0.617. The van der Waals surface area contributed by atoms with Crippen molar-refractivity contribution >= 4 is 5.90 Å². The Bertz CT molecular complexity index is 251. The smallest absolute Gasteiger partial charge is 0.232 e. The summed E-state index contributed by atoms with van der Waals surface area (Å²) in [6.07, 6.45) is 4.38. The third-order valence-corrected chi connectivity index (χ3v) is 3.68. The predicted octanol–water partition coefficient (Wildman–Crippen LogP) is 1.78. The van der Waals surface area contributed by atoms with Gasteiger partial charge in [-0.05, 0) is 38.0 Å². The molecule has 1 heterocycles. The molecule has 3 heteroatoms. The fourth-order valence-electron chi connectivity index (χ4n) is 3.18. The first-order valence-electron chi connectivity index (χ1n) is 5.26. The summed E-state index contributed by atoms with van der Waals surface area (Å²) in [4.78, 5) is 5.44. The highest BCUT2D eigenvalue weighted by molar-refractivity contribution is 5.81. The molecule has 2 bridgehead atoms. The minimum atomic E-state index is 0.361. The number of nitrogens with zero attached hydrogens (tertiary/aromatic N) is 1. The molecule has 2 aliphatic carbocycles. The maximum absolute atomic E-state index is 5.49. The Labute approximate surface area is 78.1 Å². The minimum Gasteiger partial charge on any atom is -0.479 e. The maximum atomic E-state index is 5.49. The monoisotopic (exact) mass is 181 g/mol. The number of rotatable bonds is 1. The highest BCUT2D eigenvalue weighted by Gasteiger charge is 2.55. The zero-order chi connectivity index (χ0) is 8.84. The van der Waals surface area contributed by atoms with Gasteiger partial charge in [0.2, 0.25) is 5.90 Å². The lowest BCUT2D eigenvalue weighted by Crippen LogP contribution is -2.30. The van der Waals surface area contributed by atoms with Crippen molar-refractivity contribution in [3.8, 4) is 0 Å². The van der Waals surface area contributed by atoms with Gasteiger partial charge in [0.05, 0.1) is 12.5 Å². The van der Waals surface area contributed by atoms with Crippen molar-refractivity contribution in [2.45, 2.75) is 32.3 Å². The SMILES string of the molecule is CCOC1=NO[C@H]2[C@@H]3CC[C@H](C3)[C@@H]12. The van der Waals surface area contributed by atoms with Gasteiger partial charge in [-0.1, -0.05) is 5.16 Å². The molecule has 3 nitrogen and oxygen atoms in total. The molecule has 0 unspecified atom stereocenters. The van der Waals surface area contributed by atoms with Crippen LogP contribution in [-0.2, 0) is 9.57 Å². The zero-order valence-electron chi connectivity index (χ0n) is 7.90. The van der Waals surface area contributed by atoms with Crippen molar-refractivity contribution in [1.82, 2.24) is 0 Å². The van der Waals surface area contributed by atoms with Crippen molar-refractivity contribution in [3.63, 3.8) is 0 Å². The summed E-state index contributed by atoms with van der Waals surface area (Å²) in [5, 5.41) is 4.05. The molecular weight excluding hydrogens is 166 g/mol. The molecule has 4 atom stereocenters. The van der Waals surface area contributed by atoms with E-state index in [0.29, 0.717) is 18.6 Å². The van der Waals surface area contributed by atoms with Gasteiger partial charge in [-0.15, -0.1) is 0 Å². The lowest BCUT2D eigenvalue weighted by Gasteiger charge is -2.22. The molecule has 72 valence electrons. The van der Waals surface area contributed by atoms with E-state index in [4.69, 9.17) is 9.57 Å². The molecular formula is C10H15NO2. The van der Waals surface area contributed by atoms with E-state index >= 15 is 0 Å². The van der Waals surface area contributed by atoms with Crippen molar-refractivity contribution in [2.24, 2.45) is 22.9 Å². The Kier molecular flexibility index (Phi) is 1.55. The summed E-state index contributed by atoms with van der Waals surface area (Å²) >= 11 is 0. The molecule has 0 spiro atoms. The average Bonchev–Trinajstić information content (AvgIpc) is 2.74. The van der Waals surface area contributed by atoms with Crippen LogP contribution in [0.1, 0.15) is 26.2 Å². The Hall–Kier alpha value is -0.730. The van der Waals surface area contributed by atoms with Crippen molar-refractivity contribution in [2.75, 3.05) is 6.61 Å². The van der Waals surface area contributed by atoms with E-state index in [1.54, 1.807) is 0 Å². The second-order valence-corrected chi connectivity index (χ2v) is 4.29. The van der Waals surface area contributed by atoms with Crippen LogP contribution >= 0.6 is 0 Å². The molecule has 0 amide bonds. The van der Waals surface area contributed by atoms with E-state index in [1.165, 1.54) is 19.3 Å². The molecule has 0 radical (unpaired) electrons. The third-order valence-electron chi connectivity index (χ3n) is 3.68. The van der Waals surface area contributed by atoms with E-state index in [2.05, 4.69) is 5.16 Å². The van der Waals surface area contributed by atoms with Gasteiger partial charge in [-0.25, -0.2) is 0 Å². The van der Waals surface area contributed by atoms with Crippen LogP contribution in [0.25, 0.3) is 0 Å². The van der Waals surface area contributed by atoms with Gasteiger partial charge >= 0.3 is 0 Å². The van der Waals surface area contributed by atoms with Gasteiger partial charge in [0.25, 0.3) is 0 Å². The summed E-state index contributed by atoms with van der Waals surface area (Å²) in [5.41, 5.74) is 0. The number of hydrogen-bond acceptors (Lipinski definition) is 3. The van der Waals surface area contributed by atoms with Crippen LogP contribution in [0.15, 0.2) is 5.16 Å². The summed E-state index contributed by atoms with van der Waals surface area (Å²) < 4.78 is 5.49. The normalized spacial score (nSPS) is 45.8. The van der Waals surface area contributed by atoms with Crippen LogP contribution in [-0.4, -0.2) is 18.6 Å². The van der Waals surface area contributed by atoms with E-state index in [9.17, 15) is 0 Å². The summed E-state index contributed by atoms with van der Waals surface area (Å²) in [6, 6.07) is 0. The largest absolute Gasteiger partial charge is 0.479 e. The second kappa shape index (κ2) is 2.63. The number of ether oxygens (including phenoxy) is 1. The van der Waals surface area contributed by atoms with Crippen LogP contribution in [0.5, 0.6) is 0 Å². The molecule has 0 aromatic rings. The van der Waals surface area contributed by atoms with Gasteiger partial charge in [0.1, 0.15) is 6.10 Å². The number of hydrogen-bond donors (Lipinski definition) is 0. The molecule has 2 fully saturated rings. The average molecular weight is 181 g/mol. The molecule has 0 aromatic carbocycles. The lowest BCUT2D eigenvalue weighted by molar-refractivity contribution is 0.0274. The van der Waals surface area contributed by atoms with E-state index in [1.807, 2.05) is 6.92 Å². The summed E-state index contributed by atoms with van der Waals surface area (Å²) in [6.45, 7) is 2.71. The molecule has 13 heavy (non-hydrogen) atoms. The Morgan fingerprint density at radius 2 is 2.31 bits per heavy atom. The fourth-order valence-corrected chi connectivity index (χ4v) is 3.18. The van der Waals surface area contributed by atoms with E-state index in [0.717, 1.165) is 17.7 Å². The molecule has 0 aromatic heterocycles. The van der Waals surface area contributed by atoms with Crippen LogP contribution in [0.2, 0.25) is 0 Å². The summed E-state index contributed by atoms with van der Waals surface area (Å²) in [5.74, 6) is 2.93. The lowest BCUT2D eigenvalue weighted by atomic mass is 9.87. The molecule has 0 saturated heterocycles. The van der Waals surface area contributed by atoms with Crippen LogP contribution in [0.4, 0.5) is 0 Å². The third kappa shape index (κ3) is 0.930. The molecule has 2 saturated carbocycles. The zero-order valence-corrected chi connectivity index (χ0v) is 7.90. The molecule has 1 aliphatic heterocycles. The fraction of sp³-hybridized carbons (Fsp3) is 0.900. The first-order valence-corrected chi connectivity index (χ1v) is 5.26. The predicted molar refractivity (Wildman–Crippen MR) is 48.3 cm³/mol. The highest BCUT2D eigenvalue weighted by atomic mass is 16.7. The van der Waals surface area contributed by atoms with E-state index < -0.39 is 0 Å². The molecule has 3 rings (SSSR count). The van der Waals surface area contributed by atoms with Gasteiger partial charge in [0.15, 0.2) is 0 Å². The first-order chi connectivity index (χ1) is 6.40. The second-order valence-electron chi connectivity index (χ2n) is 4.29. The van der Waals surface area contributed by atoms with Crippen molar-refractivity contribution in [1.29, 1.82) is 0 Å². The first kappa shape index (κ1) is 7.65. The van der Waals surface area contributed by atoms with Crippen molar-refractivity contribution in [3.05, 3.63) is 0 Å². The van der Waals surface area contributed by atoms with Gasteiger partial charge in [-0.3, -0.25) is 0 Å². The van der Waals surface area contributed by atoms with Gasteiger partial charge < -0.3 is 9.57 Å². The van der Waals surface area contributed by atoms with Crippen LogP contribution in [0, 0.1) is 17.8 Å². The minimum absolute atomic E-state index is 0.361. The Morgan fingerprint density at radius 3 is 3.15 bits per heavy atom. The highest BCUT2D eigenvalue weighted by Crippen LogP contribution is 2.52. The standard InChI is InChI=1S/C10H15NO2/c1-2-12-10-8-6-3-4-7(5-6)9(8)13-11-10/h6-9H,2-5H2,1H3/t6-,7-,8-,9+/m1/s1. The van der Waals surface area contributed by atoms with E-state index in [-0.39, 0.29) is 0 Å². The Balaban J connectivity index is 1.81. The van der Waals surface area contributed by atoms with Crippen molar-refractivity contribution < 1.29 is 9.57 Å². The maximum Gasteiger partial charge on any atom is 0.232 e. The van der Waals surface area contributed by atoms with Gasteiger partial charge in [0, 0.05) is 0 Å². The molecule has 3 aliphatic rings. The molecule has 0 N–H and O–H groups in total. The number of fused-ring (bicyclic) bond motifs is 5. The Morgan fingerprint density at radius 1 is 1.46 bits per heavy atom. The number of oxime groups is 1. The topological polar surface area (TPSA) is 30.8 Å². The summed E-state index contributed by atoms with van der Waals surface area (Å²) in [7, 11) is 0. The van der Waals surface area contributed by atoms with Crippen LogP contribution in [0.3, 0.4) is 0 Å². The van der Waals surface area contributed by atoms with Gasteiger partial charge in [-0.2, -0.15) is 0 Å².